The van der Waals surface area contributed by atoms with Gasteiger partial charge >= 0.3 is 19.8 Å². The Hall–Kier alpha value is -3.07. The summed E-state index contributed by atoms with van der Waals surface area (Å²) in [4.78, 5) is 35.9. The highest BCUT2D eigenvalue weighted by Gasteiger charge is 2.27. The van der Waals surface area contributed by atoms with Gasteiger partial charge in [0, 0.05) is 12.8 Å². The van der Waals surface area contributed by atoms with Gasteiger partial charge in [-0.25, -0.2) is 4.57 Å². The molecule has 9 nitrogen and oxygen atoms in total. The van der Waals surface area contributed by atoms with Crippen molar-refractivity contribution in [3.05, 3.63) is 97.2 Å². The molecule has 10 heteroatoms. The summed E-state index contributed by atoms with van der Waals surface area (Å²) in [7, 11) is 1.46. The molecule has 0 aromatic rings. The average Bonchev–Trinajstić information content (AvgIpc) is 3.61. The van der Waals surface area contributed by atoms with Gasteiger partial charge in [-0.2, -0.15) is 0 Å². The van der Waals surface area contributed by atoms with Crippen molar-refractivity contribution in [1.29, 1.82) is 0 Å². The summed E-state index contributed by atoms with van der Waals surface area (Å²) in [5, 5.41) is 0. The molecule has 0 spiro atoms. The molecule has 0 aliphatic rings. The molecule has 0 rings (SSSR count). The van der Waals surface area contributed by atoms with Gasteiger partial charge in [0.25, 0.3) is 0 Å². The first kappa shape index (κ1) is 80.9. The molecule has 1 N–H and O–H groups in total. The molecular weight excluding hydrogens is 1060 g/mol. The standard InChI is InChI=1S/C74H132NO8P/c1-6-8-10-12-14-16-18-20-22-24-26-28-30-32-34-36-37-39-40-42-44-46-48-50-52-54-56-58-60-62-64-66-73(76)80-70-72(71-82-84(78,79)81-69-68-75(3,4)5)83-74(77)67-65-63-61-59-57-55-53-51-49-47-45-43-41-38-35-33-31-29-27-25-23-21-19-17-15-13-11-9-7-2/h9,11,15,17,21,23,27,29,33,35,41,43,47,49,53,55,72H,6-8,10,12-14,16,18-20,22,24-26,28,30-32,34,36-40,42,44-46,48,50-52,54,56-71H2,1-5H3/p+1/b11-9-,17-15-,23-21-,29-27-,35-33-,43-41-,49-47-,55-53-. The molecular formula is C74H133NO8P+. The van der Waals surface area contributed by atoms with Gasteiger partial charge in [-0.1, -0.05) is 317 Å². The number of allylic oxidation sites excluding steroid dienone is 16. The lowest BCUT2D eigenvalue weighted by atomic mass is 10.0. The highest BCUT2D eigenvalue weighted by atomic mass is 31.2. The van der Waals surface area contributed by atoms with E-state index >= 15 is 0 Å². The molecule has 486 valence electrons. The number of hydrogen-bond donors (Lipinski definition) is 1. The van der Waals surface area contributed by atoms with Crippen LogP contribution in [0.15, 0.2) is 97.2 Å². The summed E-state index contributed by atoms with van der Waals surface area (Å²) in [6.45, 7) is 4.32. The lowest BCUT2D eigenvalue weighted by Gasteiger charge is -2.24. The zero-order valence-electron chi connectivity index (χ0n) is 55.4. The van der Waals surface area contributed by atoms with Crippen LogP contribution < -0.4 is 0 Å². The van der Waals surface area contributed by atoms with Gasteiger partial charge in [-0.05, 0) is 77.0 Å². The largest absolute Gasteiger partial charge is 0.472 e. The Morgan fingerprint density at radius 2 is 0.679 bits per heavy atom. The number of carbonyl (C=O) groups is 2. The quantitative estimate of drug-likeness (QED) is 0.0211. The number of carbonyl (C=O) groups excluding carboxylic acids is 2. The predicted molar refractivity (Wildman–Crippen MR) is 362 cm³/mol. The molecule has 0 saturated carbocycles. The Kier molecular flexibility index (Phi) is 62.1. The van der Waals surface area contributed by atoms with Crippen LogP contribution in [0, 0.1) is 0 Å². The minimum Gasteiger partial charge on any atom is -0.462 e. The Bertz CT molecular complexity index is 1740. The maximum Gasteiger partial charge on any atom is 0.472 e. The van der Waals surface area contributed by atoms with E-state index in [9.17, 15) is 19.0 Å². The number of quaternary nitrogens is 1. The molecule has 0 aliphatic carbocycles. The van der Waals surface area contributed by atoms with E-state index < -0.39 is 26.5 Å². The zero-order chi connectivity index (χ0) is 61.2. The highest BCUT2D eigenvalue weighted by Crippen LogP contribution is 2.43. The molecule has 0 saturated heterocycles. The van der Waals surface area contributed by atoms with Crippen LogP contribution in [-0.2, 0) is 32.7 Å². The molecule has 0 amide bonds. The van der Waals surface area contributed by atoms with Crippen LogP contribution in [0.4, 0.5) is 0 Å². The Labute approximate surface area is 519 Å². The van der Waals surface area contributed by atoms with Crippen LogP contribution in [0.3, 0.4) is 0 Å². The van der Waals surface area contributed by atoms with Crippen molar-refractivity contribution in [2.24, 2.45) is 0 Å². The van der Waals surface area contributed by atoms with E-state index in [1.165, 1.54) is 180 Å². The first-order valence-electron chi connectivity index (χ1n) is 35.0. The summed E-state index contributed by atoms with van der Waals surface area (Å²) < 4.78 is 34.7. The highest BCUT2D eigenvalue weighted by molar-refractivity contribution is 7.47. The predicted octanol–water partition coefficient (Wildman–Crippen LogP) is 22.7. The van der Waals surface area contributed by atoms with Gasteiger partial charge in [0.2, 0.25) is 0 Å². The number of unbranched alkanes of at least 4 members (excludes halogenated alkanes) is 34. The second-order valence-electron chi connectivity index (χ2n) is 24.5. The molecule has 0 heterocycles. The van der Waals surface area contributed by atoms with Crippen LogP contribution in [0.1, 0.15) is 309 Å². The number of esters is 2. The molecule has 0 bridgehead atoms. The summed E-state index contributed by atoms with van der Waals surface area (Å²) in [5.41, 5.74) is 0. The Morgan fingerprint density at radius 1 is 0.381 bits per heavy atom. The van der Waals surface area contributed by atoms with Crippen molar-refractivity contribution in [2.45, 2.75) is 315 Å². The number of nitrogens with zero attached hydrogens (tertiary/aromatic N) is 1. The number of ether oxygens (including phenoxy) is 2. The lowest BCUT2D eigenvalue weighted by Crippen LogP contribution is -2.37. The third-order valence-corrected chi connectivity index (χ3v) is 16.1. The summed E-state index contributed by atoms with van der Waals surface area (Å²) in [6.07, 6.45) is 89.5. The van der Waals surface area contributed by atoms with Gasteiger partial charge in [0.1, 0.15) is 19.8 Å². The van der Waals surface area contributed by atoms with Crippen molar-refractivity contribution in [1.82, 2.24) is 0 Å². The van der Waals surface area contributed by atoms with Crippen molar-refractivity contribution >= 4 is 19.8 Å². The second kappa shape index (κ2) is 64.4. The summed E-state index contributed by atoms with van der Waals surface area (Å²) in [6, 6.07) is 0. The van der Waals surface area contributed by atoms with Crippen LogP contribution in [0.25, 0.3) is 0 Å². The van der Waals surface area contributed by atoms with Crippen LogP contribution in [-0.4, -0.2) is 74.9 Å². The van der Waals surface area contributed by atoms with E-state index in [1.54, 1.807) is 0 Å². The molecule has 2 unspecified atom stereocenters. The Morgan fingerprint density at radius 3 is 1.01 bits per heavy atom. The molecule has 0 radical (unpaired) electrons. The van der Waals surface area contributed by atoms with Crippen molar-refractivity contribution in [3.63, 3.8) is 0 Å². The first-order valence-corrected chi connectivity index (χ1v) is 36.5. The van der Waals surface area contributed by atoms with Gasteiger partial charge in [-0.15, -0.1) is 0 Å². The first-order chi connectivity index (χ1) is 41.0. The SMILES string of the molecule is CC/C=C\C/C=C\C/C=C\C/C=C\C/C=C\C/C=C\C/C=C\C/C=C\CCCCCCC(=O)OC(COC(=O)CCCCCCCCCCCCCCCCCCCCCCCCCCCCCCCCC)COP(=O)(O)OCC[N+](C)(C)C. The van der Waals surface area contributed by atoms with Gasteiger partial charge in [0.05, 0.1) is 27.7 Å². The molecule has 84 heavy (non-hydrogen) atoms. The molecule has 0 fully saturated rings. The maximum atomic E-state index is 12.9. The smallest absolute Gasteiger partial charge is 0.462 e. The molecule has 0 aromatic carbocycles. The molecule has 0 aliphatic heterocycles. The topological polar surface area (TPSA) is 108 Å². The fourth-order valence-electron chi connectivity index (χ4n) is 9.80. The minimum atomic E-state index is -4.40. The normalized spacial score (nSPS) is 13.7. The van der Waals surface area contributed by atoms with E-state index in [-0.39, 0.29) is 32.0 Å². The van der Waals surface area contributed by atoms with Crippen LogP contribution in [0.2, 0.25) is 0 Å². The minimum absolute atomic E-state index is 0.0228. The number of likely N-dealkylation sites (N-methyl/N-ethyl adjacent to an activating group) is 1. The third-order valence-electron chi connectivity index (χ3n) is 15.1. The Balaban J connectivity index is 4.10. The van der Waals surface area contributed by atoms with Crippen LogP contribution in [0.5, 0.6) is 0 Å². The monoisotopic (exact) mass is 1190 g/mol. The number of phosphoric ester groups is 1. The van der Waals surface area contributed by atoms with Crippen molar-refractivity contribution < 1.29 is 42.1 Å². The van der Waals surface area contributed by atoms with Gasteiger partial charge < -0.3 is 18.9 Å². The van der Waals surface area contributed by atoms with Crippen molar-refractivity contribution in [2.75, 3.05) is 47.5 Å². The average molecular weight is 1200 g/mol. The number of hydrogen-bond acceptors (Lipinski definition) is 7. The van der Waals surface area contributed by atoms with E-state index in [2.05, 4.69) is 111 Å². The summed E-state index contributed by atoms with van der Waals surface area (Å²) >= 11 is 0. The van der Waals surface area contributed by atoms with Gasteiger partial charge in [-0.3, -0.25) is 18.6 Å². The van der Waals surface area contributed by atoms with Crippen LogP contribution >= 0.6 is 7.82 Å². The fourth-order valence-corrected chi connectivity index (χ4v) is 10.5. The van der Waals surface area contributed by atoms with Gasteiger partial charge in [0.15, 0.2) is 6.10 Å². The number of phosphoric acid groups is 1. The molecule has 2 atom stereocenters. The van der Waals surface area contributed by atoms with E-state index in [4.69, 9.17) is 18.5 Å². The summed E-state index contributed by atoms with van der Waals surface area (Å²) in [5.74, 6) is -0.820. The van der Waals surface area contributed by atoms with E-state index in [0.29, 0.717) is 17.4 Å². The second-order valence-corrected chi connectivity index (χ2v) is 26.0. The van der Waals surface area contributed by atoms with E-state index in [1.807, 2.05) is 21.1 Å². The zero-order valence-corrected chi connectivity index (χ0v) is 56.3. The fraction of sp³-hybridized carbons (Fsp3) is 0.757. The number of rotatable bonds is 64. The lowest BCUT2D eigenvalue weighted by molar-refractivity contribution is -0.870. The van der Waals surface area contributed by atoms with E-state index in [0.717, 1.165) is 96.3 Å². The molecule has 0 aromatic heterocycles. The third kappa shape index (κ3) is 68.0. The maximum absolute atomic E-state index is 12.9. The van der Waals surface area contributed by atoms with Crippen molar-refractivity contribution in [3.8, 4) is 0 Å².